The maximum absolute atomic E-state index is 5.46. The summed E-state index contributed by atoms with van der Waals surface area (Å²) >= 11 is 0. The maximum atomic E-state index is 5.46. The topological polar surface area (TPSA) is 61.2 Å². The van der Waals surface area contributed by atoms with Gasteiger partial charge in [0.25, 0.3) is 0 Å². The fourth-order valence-electron chi connectivity index (χ4n) is 3.80. The maximum Gasteiger partial charge on any atom is 0.162 e. The van der Waals surface area contributed by atoms with Crippen LogP contribution in [0.5, 0.6) is 11.5 Å². The molecule has 0 spiro atoms. The van der Waals surface area contributed by atoms with Crippen LogP contribution in [0.2, 0.25) is 0 Å². The number of hydrogen-bond acceptors (Lipinski definition) is 5. The fraction of sp³-hybridized carbons (Fsp3) is 0.120. The third-order valence-corrected chi connectivity index (χ3v) is 5.37. The van der Waals surface area contributed by atoms with Crippen molar-refractivity contribution in [3.05, 3.63) is 84.8 Å². The molecule has 0 aliphatic carbocycles. The van der Waals surface area contributed by atoms with E-state index in [0.29, 0.717) is 17.3 Å². The van der Waals surface area contributed by atoms with Crippen LogP contribution in [0, 0.1) is 0 Å². The van der Waals surface area contributed by atoms with Gasteiger partial charge in [0.1, 0.15) is 12.1 Å². The Bertz CT molecular complexity index is 1370. The van der Waals surface area contributed by atoms with Crippen LogP contribution in [0.1, 0.15) is 5.56 Å². The lowest BCUT2D eigenvalue weighted by Crippen LogP contribution is -2.00. The van der Waals surface area contributed by atoms with Crippen LogP contribution >= 0.6 is 12.4 Å². The molecule has 5 rings (SSSR count). The number of nitrogens with one attached hydrogen (secondary N) is 1. The Morgan fingerprint density at radius 1 is 0.875 bits per heavy atom. The molecule has 0 aliphatic rings. The standard InChI is InChI=1S/C25H22N4O2.ClH/c1-30-23-13-20-21(14-24(23)31-2)26-16-27-25(20)28-19-9-8-18-10-11-29(22(18)12-19)15-17-6-4-3-5-7-17;/h3-14,16H,15H2,1-2H3,(H,26,27,28);1H. The summed E-state index contributed by atoms with van der Waals surface area (Å²) in [7, 11) is 3.24. The number of methoxy groups -OCH3 is 2. The van der Waals surface area contributed by atoms with E-state index in [4.69, 9.17) is 9.47 Å². The lowest BCUT2D eigenvalue weighted by molar-refractivity contribution is 0.356. The molecule has 0 aliphatic heterocycles. The Morgan fingerprint density at radius 2 is 1.66 bits per heavy atom. The molecule has 2 aromatic heterocycles. The summed E-state index contributed by atoms with van der Waals surface area (Å²) in [5.74, 6) is 1.99. The molecule has 0 saturated heterocycles. The molecule has 0 saturated carbocycles. The minimum Gasteiger partial charge on any atom is -0.493 e. The SMILES string of the molecule is COc1cc2ncnc(Nc3ccc4ccn(Cc5ccccc5)c4c3)c2cc1OC.Cl. The van der Waals surface area contributed by atoms with E-state index < -0.39 is 0 Å². The molecule has 7 heteroatoms. The highest BCUT2D eigenvalue weighted by Gasteiger charge is 2.12. The van der Waals surface area contributed by atoms with Gasteiger partial charge in [0.05, 0.1) is 25.3 Å². The lowest BCUT2D eigenvalue weighted by atomic mass is 10.2. The molecular formula is C25H23ClN4O2. The van der Waals surface area contributed by atoms with Gasteiger partial charge < -0.3 is 19.4 Å². The number of rotatable bonds is 6. The highest BCUT2D eigenvalue weighted by Crippen LogP contribution is 2.34. The number of fused-ring (bicyclic) bond motifs is 2. The number of aromatic nitrogens is 3. The summed E-state index contributed by atoms with van der Waals surface area (Å²) in [6.45, 7) is 0.821. The lowest BCUT2D eigenvalue weighted by Gasteiger charge is -2.13. The molecular weight excluding hydrogens is 424 g/mol. The predicted molar refractivity (Wildman–Crippen MR) is 131 cm³/mol. The van der Waals surface area contributed by atoms with Crippen molar-refractivity contribution in [2.24, 2.45) is 0 Å². The van der Waals surface area contributed by atoms with Crippen molar-refractivity contribution in [2.45, 2.75) is 6.54 Å². The number of ether oxygens (including phenoxy) is 2. The Labute approximate surface area is 192 Å². The second kappa shape index (κ2) is 9.16. The van der Waals surface area contributed by atoms with E-state index >= 15 is 0 Å². The monoisotopic (exact) mass is 446 g/mol. The van der Waals surface area contributed by atoms with Gasteiger partial charge in [-0.2, -0.15) is 0 Å². The molecule has 2 heterocycles. The molecule has 0 atom stereocenters. The quantitative estimate of drug-likeness (QED) is 0.356. The van der Waals surface area contributed by atoms with Crippen molar-refractivity contribution in [1.82, 2.24) is 14.5 Å². The second-order valence-corrected chi connectivity index (χ2v) is 7.27. The molecule has 6 nitrogen and oxygen atoms in total. The van der Waals surface area contributed by atoms with Crippen molar-refractivity contribution in [2.75, 3.05) is 19.5 Å². The smallest absolute Gasteiger partial charge is 0.162 e. The van der Waals surface area contributed by atoms with E-state index in [0.717, 1.165) is 28.7 Å². The molecule has 0 fully saturated rings. The molecule has 1 N–H and O–H groups in total. The third-order valence-electron chi connectivity index (χ3n) is 5.37. The van der Waals surface area contributed by atoms with Gasteiger partial charge >= 0.3 is 0 Å². The molecule has 5 aromatic rings. The van der Waals surface area contributed by atoms with E-state index in [1.807, 2.05) is 18.2 Å². The Hall–Kier alpha value is -3.77. The summed E-state index contributed by atoms with van der Waals surface area (Å²) < 4.78 is 13.1. The van der Waals surface area contributed by atoms with Crippen LogP contribution in [0.25, 0.3) is 21.8 Å². The van der Waals surface area contributed by atoms with E-state index in [1.165, 1.54) is 10.9 Å². The molecule has 0 radical (unpaired) electrons. The van der Waals surface area contributed by atoms with Gasteiger partial charge in [0.15, 0.2) is 11.5 Å². The predicted octanol–water partition coefficient (Wildman–Crippen LogP) is 5.82. The average Bonchev–Trinajstić information content (AvgIpc) is 3.21. The van der Waals surface area contributed by atoms with Crippen LogP contribution in [0.15, 0.2) is 79.3 Å². The van der Waals surface area contributed by atoms with Crippen LogP contribution in [-0.2, 0) is 6.54 Å². The van der Waals surface area contributed by atoms with Crippen LogP contribution in [-0.4, -0.2) is 28.8 Å². The minimum atomic E-state index is 0. The van der Waals surface area contributed by atoms with E-state index in [2.05, 4.69) is 74.6 Å². The van der Waals surface area contributed by atoms with Gasteiger partial charge in [0.2, 0.25) is 0 Å². The zero-order chi connectivity index (χ0) is 21.2. The van der Waals surface area contributed by atoms with Crippen molar-refractivity contribution in [1.29, 1.82) is 0 Å². The van der Waals surface area contributed by atoms with Gasteiger partial charge in [-0.1, -0.05) is 36.4 Å². The summed E-state index contributed by atoms with van der Waals surface area (Å²) in [5, 5.41) is 5.50. The average molecular weight is 447 g/mol. The number of nitrogens with zero attached hydrogens (tertiary/aromatic N) is 3. The van der Waals surface area contributed by atoms with Crippen molar-refractivity contribution >= 4 is 45.7 Å². The molecule has 0 unspecified atom stereocenters. The Morgan fingerprint density at radius 3 is 2.44 bits per heavy atom. The molecule has 0 bridgehead atoms. The highest BCUT2D eigenvalue weighted by molar-refractivity contribution is 5.94. The first kappa shape index (κ1) is 21.5. The van der Waals surface area contributed by atoms with E-state index in [1.54, 1.807) is 20.5 Å². The molecule has 3 aromatic carbocycles. The first-order chi connectivity index (χ1) is 15.2. The summed E-state index contributed by atoms with van der Waals surface area (Å²) in [5.41, 5.74) is 4.16. The second-order valence-electron chi connectivity index (χ2n) is 7.27. The summed E-state index contributed by atoms with van der Waals surface area (Å²) in [4.78, 5) is 8.84. The van der Waals surface area contributed by atoms with Crippen molar-refractivity contribution < 1.29 is 9.47 Å². The summed E-state index contributed by atoms with van der Waals surface area (Å²) in [6, 6.07) is 22.7. The zero-order valence-electron chi connectivity index (χ0n) is 17.8. The van der Waals surface area contributed by atoms with Crippen molar-refractivity contribution in [3.8, 4) is 11.5 Å². The normalized spacial score (nSPS) is 10.7. The fourth-order valence-corrected chi connectivity index (χ4v) is 3.80. The van der Waals surface area contributed by atoms with Crippen LogP contribution in [0.4, 0.5) is 11.5 Å². The zero-order valence-corrected chi connectivity index (χ0v) is 18.6. The van der Waals surface area contributed by atoms with Gasteiger partial charge in [-0.05, 0) is 35.2 Å². The Balaban J connectivity index is 0.00000245. The number of halogens is 1. The first-order valence-electron chi connectivity index (χ1n) is 10.0. The van der Waals surface area contributed by atoms with Gasteiger partial charge in [0, 0.05) is 29.9 Å². The number of hydrogen-bond donors (Lipinski definition) is 1. The largest absolute Gasteiger partial charge is 0.493 e. The van der Waals surface area contributed by atoms with E-state index in [9.17, 15) is 0 Å². The minimum absolute atomic E-state index is 0. The first-order valence-corrected chi connectivity index (χ1v) is 10.0. The highest BCUT2D eigenvalue weighted by atomic mass is 35.5. The van der Waals surface area contributed by atoms with Gasteiger partial charge in [-0.15, -0.1) is 12.4 Å². The number of benzene rings is 3. The Kier molecular flexibility index (Phi) is 6.14. The van der Waals surface area contributed by atoms with Crippen LogP contribution in [0.3, 0.4) is 0 Å². The third kappa shape index (κ3) is 4.05. The molecule has 32 heavy (non-hydrogen) atoms. The van der Waals surface area contributed by atoms with Gasteiger partial charge in [-0.3, -0.25) is 0 Å². The van der Waals surface area contributed by atoms with Gasteiger partial charge in [-0.25, -0.2) is 9.97 Å². The summed E-state index contributed by atoms with van der Waals surface area (Å²) in [6.07, 6.45) is 3.67. The van der Waals surface area contributed by atoms with Crippen molar-refractivity contribution in [3.63, 3.8) is 0 Å². The van der Waals surface area contributed by atoms with Crippen LogP contribution < -0.4 is 14.8 Å². The van der Waals surface area contributed by atoms with E-state index in [-0.39, 0.29) is 12.4 Å². The molecule has 0 amide bonds. The molecule has 162 valence electrons. The number of anilines is 2.